The number of nitrogens with zero attached hydrogens (tertiary/aromatic N) is 3. The van der Waals surface area contributed by atoms with E-state index in [2.05, 4.69) is 16.0 Å². The largest absolute Gasteiger partial charge is 0.497 e. The van der Waals surface area contributed by atoms with E-state index in [0.717, 1.165) is 34.9 Å². The minimum atomic E-state index is -0.943. The highest BCUT2D eigenvalue weighted by Crippen LogP contribution is 2.42. The van der Waals surface area contributed by atoms with Crippen LogP contribution < -0.4 is 4.74 Å². The molecule has 2 fully saturated rings. The first-order valence-electron chi connectivity index (χ1n) is 14.4. The molecule has 0 bridgehead atoms. The second kappa shape index (κ2) is 12.1. The summed E-state index contributed by atoms with van der Waals surface area (Å²) in [5.41, 5.74) is 1.53. The zero-order chi connectivity index (χ0) is 30.0. The number of ether oxygens (including phenoxy) is 5. The van der Waals surface area contributed by atoms with Crippen molar-refractivity contribution >= 4 is 23.0 Å². The molecular weight excluding hydrogens is 554 g/mol. The topological polar surface area (TPSA) is 120 Å². The Morgan fingerprint density at radius 3 is 2.93 bits per heavy atom. The fourth-order valence-corrected chi connectivity index (χ4v) is 6.22. The van der Waals surface area contributed by atoms with Gasteiger partial charge < -0.3 is 28.8 Å². The molecule has 4 aliphatic rings. The summed E-state index contributed by atoms with van der Waals surface area (Å²) in [4.78, 5) is 33.7. The van der Waals surface area contributed by atoms with Gasteiger partial charge >= 0.3 is 12.1 Å². The number of hydrogen-bond acceptors (Lipinski definition) is 10. The molecule has 1 aliphatic carbocycles. The summed E-state index contributed by atoms with van der Waals surface area (Å²) in [5.74, 6) is 0.691. The second-order valence-corrected chi connectivity index (χ2v) is 11.1. The van der Waals surface area contributed by atoms with Crippen LogP contribution in [-0.2, 0) is 23.7 Å². The highest BCUT2D eigenvalue weighted by molar-refractivity contribution is 5.84. The lowest BCUT2D eigenvalue weighted by Gasteiger charge is -2.44. The summed E-state index contributed by atoms with van der Waals surface area (Å²) in [6.45, 7) is 1.48. The van der Waals surface area contributed by atoms with Gasteiger partial charge in [0.15, 0.2) is 12.0 Å². The summed E-state index contributed by atoms with van der Waals surface area (Å²) in [5, 5.41) is 12.2. The van der Waals surface area contributed by atoms with Gasteiger partial charge in [0.2, 0.25) is 5.88 Å². The Balaban J connectivity index is 1.18. The quantitative estimate of drug-likeness (QED) is 0.446. The predicted octanol–water partition coefficient (Wildman–Crippen LogP) is 4.32. The average Bonchev–Trinajstić information content (AvgIpc) is 3.38. The molecule has 3 atom stereocenters. The number of carbonyl (C=O) groups excluding carboxylic acids is 2. The fraction of sp³-hybridized carbons (Fsp3) is 0.406. The number of rotatable bonds is 8. The summed E-state index contributed by atoms with van der Waals surface area (Å²) in [6, 6.07) is 7.37. The van der Waals surface area contributed by atoms with Crippen LogP contribution in [-0.4, -0.2) is 78.0 Å². The Hall–Kier alpha value is -4.35. The van der Waals surface area contributed by atoms with Crippen molar-refractivity contribution in [2.75, 3.05) is 40.4 Å². The van der Waals surface area contributed by atoms with Gasteiger partial charge in [-0.3, -0.25) is 14.7 Å². The number of benzene rings is 1. The van der Waals surface area contributed by atoms with Crippen molar-refractivity contribution in [2.45, 2.75) is 37.4 Å². The molecule has 1 N–H and O–H groups in total. The molecule has 6 rings (SSSR count). The van der Waals surface area contributed by atoms with Gasteiger partial charge in [-0.2, -0.15) is 0 Å². The number of methoxy groups -OCH3 is 2. The number of allylic oxidation sites excluding steroid dienone is 4. The molecule has 11 heteroatoms. The Kier molecular flexibility index (Phi) is 8.09. The van der Waals surface area contributed by atoms with Gasteiger partial charge in [0, 0.05) is 43.6 Å². The number of aliphatic hydroxyl groups is 1. The molecule has 0 saturated carbocycles. The number of amides is 1. The number of carbonyl (C=O) groups is 2. The number of likely N-dealkylation sites (tertiary alicyclic amines) is 1. The summed E-state index contributed by atoms with van der Waals surface area (Å²) >= 11 is 0. The Morgan fingerprint density at radius 1 is 1.26 bits per heavy atom. The summed E-state index contributed by atoms with van der Waals surface area (Å²) < 4.78 is 28.1. The number of pyridine rings is 1. The van der Waals surface area contributed by atoms with Crippen LogP contribution >= 0.6 is 0 Å². The highest BCUT2D eigenvalue weighted by Gasteiger charge is 2.55. The van der Waals surface area contributed by atoms with E-state index in [-0.39, 0.29) is 24.8 Å². The number of β-amino-alcohol motifs (C(OH)–C–C–N with tert-alkyl or cyclic N) is 1. The number of aliphatic hydroxyl groups excluding tert-OH is 1. The molecule has 1 amide bonds. The first kappa shape index (κ1) is 28.8. The first-order chi connectivity index (χ1) is 20.9. The van der Waals surface area contributed by atoms with E-state index in [0.29, 0.717) is 37.6 Å². The van der Waals surface area contributed by atoms with Crippen LogP contribution in [0.3, 0.4) is 0 Å². The molecule has 3 aliphatic heterocycles. The molecule has 0 radical (unpaired) electrons. The van der Waals surface area contributed by atoms with Crippen LogP contribution in [0.1, 0.15) is 37.4 Å². The van der Waals surface area contributed by atoms with Crippen LogP contribution in [0.5, 0.6) is 5.75 Å². The van der Waals surface area contributed by atoms with Crippen LogP contribution in [0.4, 0.5) is 4.79 Å². The number of piperidine rings is 1. The van der Waals surface area contributed by atoms with Gasteiger partial charge in [0.1, 0.15) is 17.6 Å². The molecule has 2 aromatic rings. The van der Waals surface area contributed by atoms with Gasteiger partial charge in [-0.05, 0) is 48.2 Å². The highest BCUT2D eigenvalue weighted by atomic mass is 16.6. The molecule has 1 aromatic carbocycles. The molecule has 1 spiro atoms. The van der Waals surface area contributed by atoms with Crippen molar-refractivity contribution in [3.8, 4) is 5.75 Å². The van der Waals surface area contributed by atoms with Crippen molar-refractivity contribution in [2.24, 2.45) is 5.92 Å². The van der Waals surface area contributed by atoms with Crippen LogP contribution in [0.25, 0.3) is 10.9 Å². The zero-order valence-electron chi connectivity index (χ0n) is 24.2. The van der Waals surface area contributed by atoms with Crippen molar-refractivity contribution in [1.82, 2.24) is 14.8 Å². The molecule has 226 valence electrons. The maximum atomic E-state index is 13.2. The third kappa shape index (κ3) is 5.82. The predicted molar refractivity (Wildman–Crippen MR) is 155 cm³/mol. The van der Waals surface area contributed by atoms with Gasteiger partial charge in [-0.1, -0.05) is 18.2 Å². The lowest BCUT2D eigenvalue weighted by molar-refractivity contribution is -0.146. The van der Waals surface area contributed by atoms with E-state index in [1.54, 1.807) is 13.3 Å². The second-order valence-electron chi connectivity index (χ2n) is 11.1. The van der Waals surface area contributed by atoms with Gasteiger partial charge in [-0.25, -0.2) is 9.69 Å². The van der Waals surface area contributed by atoms with Crippen molar-refractivity contribution < 1.29 is 38.4 Å². The number of esters is 1. The molecule has 0 unspecified atom stereocenters. The van der Waals surface area contributed by atoms with Crippen LogP contribution in [0, 0.1) is 5.92 Å². The normalized spacial score (nSPS) is 24.4. The molecule has 2 saturated heterocycles. The third-order valence-electron chi connectivity index (χ3n) is 8.58. The average molecular weight is 590 g/mol. The van der Waals surface area contributed by atoms with Gasteiger partial charge in [0.05, 0.1) is 38.8 Å². The smallest absolute Gasteiger partial charge is 0.417 e. The minimum Gasteiger partial charge on any atom is -0.497 e. The maximum Gasteiger partial charge on any atom is 0.417 e. The fourth-order valence-electron chi connectivity index (χ4n) is 6.22. The SMILES string of the molecule is COC(=O)C[C@@H]1CN(C[C@H](O)c2ccnc3ccc(OC)cc23)CC[C@@]12CN(C1=COC=C(C3=CC=CCC3)O1)C(=O)O2. The van der Waals surface area contributed by atoms with Gasteiger partial charge in [0.25, 0.3) is 0 Å². The molecule has 4 heterocycles. The Morgan fingerprint density at radius 2 is 2.14 bits per heavy atom. The lowest BCUT2D eigenvalue weighted by atomic mass is 9.78. The van der Waals surface area contributed by atoms with Crippen LogP contribution in [0.2, 0.25) is 0 Å². The zero-order valence-corrected chi connectivity index (χ0v) is 24.2. The molecule has 11 nitrogen and oxygen atoms in total. The van der Waals surface area contributed by atoms with Crippen molar-refractivity contribution in [3.63, 3.8) is 0 Å². The molecule has 43 heavy (non-hydrogen) atoms. The number of fused-ring (bicyclic) bond motifs is 1. The Bertz CT molecular complexity index is 1530. The van der Waals surface area contributed by atoms with E-state index in [1.165, 1.54) is 24.5 Å². The van der Waals surface area contributed by atoms with Crippen molar-refractivity contribution in [1.29, 1.82) is 0 Å². The monoisotopic (exact) mass is 589 g/mol. The van der Waals surface area contributed by atoms with Gasteiger partial charge in [-0.15, -0.1) is 0 Å². The van der Waals surface area contributed by atoms with E-state index in [4.69, 9.17) is 23.7 Å². The number of aromatic nitrogens is 1. The molecular formula is C32H35N3O8. The maximum absolute atomic E-state index is 13.2. The number of hydrogen-bond donors (Lipinski definition) is 1. The van der Waals surface area contributed by atoms with Crippen LogP contribution in [0.15, 0.2) is 78.4 Å². The molecule has 1 aromatic heterocycles. The third-order valence-corrected chi connectivity index (χ3v) is 8.58. The van der Waals surface area contributed by atoms with E-state index < -0.39 is 23.8 Å². The summed E-state index contributed by atoms with van der Waals surface area (Å²) in [7, 11) is 2.94. The Labute approximate surface area is 249 Å². The van der Waals surface area contributed by atoms with Crippen molar-refractivity contribution in [3.05, 3.63) is 84.0 Å². The van der Waals surface area contributed by atoms with E-state index in [9.17, 15) is 14.7 Å². The van der Waals surface area contributed by atoms with E-state index >= 15 is 0 Å². The lowest BCUT2D eigenvalue weighted by Crippen LogP contribution is -2.55. The summed E-state index contributed by atoms with van der Waals surface area (Å²) in [6.07, 6.45) is 11.4. The van der Waals surface area contributed by atoms with E-state index in [1.807, 2.05) is 36.4 Å². The standard InChI is InChI=1S/C32H35N3O8/c1-39-23-8-9-26-25(15-23)24(10-12-33-26)27(36)17-34-13-11-32(22(16-34)14-30(37)40-2)20-35(31(38)43-32)29-19-41-18-28(42-29)21-6-4-3-5-7-21/h3-4,6,8-10,12,15,18-19,22,27,36H,5,7,11,13-14,16-17,20H2,1-2H3/t22-,27+,32-/m1/s1. The first-order valence-corrected chi connectivity index (χ1v) is 14.4. The minimum absolute atomic E-state index is 0.0559.